The highest BCUT2D eigenvalue weighted by atomic mass is 28.3. The van der Waals surface area contributed by atoms with Crippen LogP contribution in [0.5, 0.6) is 0 Å². The highest BCUT2D eigenvalue weighted by Crippen LogP contribution is 2.44. The van der Waals surface area contributed by atoms with Gasteiger partial charge in [-0.25, -0.2) is 0 Å². The van der Waals surface area contributed by atoms with Crippen LogP contribution in [-0.4, -0.2) is 32.3 Å². The van der Waals surface area contributed by atoms with E-state index in [2.05, 4.69) is 215 Å². The molecule has 0 saturated carbocycles. The Balaban J connectivity index is 3.01. The van der Waals surface area contributed by atoms with Crippen LogP contribution in [0.15, 0.2) is 36.4 Å². The zero-order valence-electron chi connectivity index (χ0n) is 33.6. The molecule has 48 heavy (non-hydrogen) atoms. The van der Waals surface area contributed by atoms with E-state index in [-0.39, 0.29) is 10.1 Å². The van der Waals surface area contributed by atoms with Crippen molar-refractivity contribution in [2.75, 3.05) is 0 Å². The molecular formula is C44H62Si4. The molecule has 0 N–H and O–H groups in total. The number of benzene rings is 2. The Hall–Kier alpha value is -2.89. The topological polar surface area (TPSA) is 0 Å². The minimum Gasteiger partial charge on any atom is -0.127 e. The molecule has 0 bridgehead atoms. The predicted octanol–water partition coefficient (Wildman–Crippen LogP) is 11.6. The third-order valence-electron chi connectivity index (χ3n) is 10.7. The summed E-state index contributed by atoms with van der Waals surface area (Å²) >= 11 is 0. The van der Waals surface area contributed by atoms with Crippen LogP contribution in [0.4, 0.5) is 0 Å². The van der Waals surface area contributed by atoms with E-state index in [1.807, 2.05) is 0 Å². The van der Waals surface area contributed by atoms with Gasteiger partial charge in [0.15, 0.2) is 0 Å². The second kappa shape index (κ2) is 15.3. The molecule has 0 aliphatic rings. The largest absolute Gasteiger partial charge is 0.138 e. The van der Waals surface area contributed by atoms with E-state index in [0.29, 0.717) is 11.8 Å². The summed E-state index contributed by atoms with van der Waals surface area (Å²) in [6.07, 6.45) is 0. The molecule has 2 aromatic carbocycles. The standard InChI is InChI=1S/C44H62Si4/c1-35(2)43(5,6)47(15,16)33-29-39-23-19-21-37(27-31-45(9,10)11)41(39)25-26-42-38(28-32-46(12,13)14)22-20-24-40(42)30-34-48(17,18)44(7,8)36(3)4/h19-24,35-36H,1-18H3. The Kier molecular flexibility index (Phi) is 13.2. The average molecular weight is 703 g/mol. The SMILES string of the molecule is CC(C)C(C)(C)[Si](C)(C)C#Cc1cccc(C#C[Si](C)(C)C)c1C#Cc1c(C#C[Si](C)(C)C)cccc1C#C[Si](C)(C)C(C)(C)C(C)C. The van der Waals surface area contributed by atoms with Gasteiger partial charge in [0.05, 0.1) is 11.1 Å². The van der Waals surface area contributed by atoms with Crippen LogP contribution in [0, 0.1) is 69.5 Å². The van der Waals surface area contributed by atoms with Crippen molar-refractivity contribution < 1.29 is 0 Å². The Morgan fingerprint density at radius 2 is 0.667 bits per heavy atom. The monoisotopic (exact) mass is 702 g/mol. The molecule has 0 aromatic heterocycles. The lowest BCUT2D eigenvalue weighted by Crippen LogP contribution is -2.41. The predicted molar refractivity (Wildman–Crippen MR) is 226 cm³/mol. The first-order valence-electron chi connectivity index (χ1n) is 17.6. The molecule has 254 valence electrons. The lowest BCUT2D eigenvalue weighted by Gasteiger charge is -2.39. The van der Waals surface area contributed by atoms with Crippen molar-refractivity contribution in [2.45, 2.75) is 131 Å². The van der Waals surface area contributed by atoms with Gasteiger partial charge in [-0.05, 0) is 46.2 Å². The maximum atomic E-state index is 3.80. The van der Waals surface area contributed by atoms with E-state index in [9.17, 15) is 0 Å². The van der Waals surface area contributed by atoms with Gasteiger partial charge in [-0.15, -0.1) is 22.2 Å². The lowest BCUT2D eigenvalue weighted by atomic mass is 9.99. The van der Waals surface area contributed by atoms with Crippen molar-refractivity contribution in [3.05, 3.63) is 69.8 Å². The molecule has 4 heteroatoms. The summed E-state index contributed by atoms with van der Waals surface area (Å²) < 4.78 is 0. The van der Waals surface area contributed by atoms with Crippen LogP contribution in [0.2, 0.25) is 75.5 Å². The van der Waals surface area contributed by atoms with E-state index in [4.69, 9.17) is 0 Å². The van der Waals surface area contributed by atoms with Crippen molar-refractivity contribution in [2.24, 2.45) is 11.8 Å². The third-order valence-corrected chi connectivity index (χ3v) is 21.6. The van der Waals surface area contributed by atoms with Gasteiger partial charge in [0.1, 0.15) is 32.3 Å². The molecule has 0 heterocycles. The highest BCUT2D eigenvalue weighted by molar-refractivity contribution is 6.88. The van der Waals surface area contributed by atoms with E-state index in [1.54, 1.807) is 0 Å². The molecule has 0 radical (unpaired) electrons. The van der Waals surface area contributed by atoms with E-state index in [0.717, 1.165) is 33.4 Å². The number of hydrogen-bond acceptors (Lipinski definition) is 0. The molecule has 0 aliphatic heterocycles. The van der Waals surface area contributed by atoms with Gasteiger partial charge in [0.25, 0.3) is 0 Å². The molecule has 0 unspecified atom stereocenters. The van der Waals surface area contributed by atoms with Gasteiger partial charge in [-0.2, -0.15) is 0 Å². The van der Waals surface area contributed by atoms with E-state index >= 15 is 0 Å². The van der Waals surface area contributed by atoms with Crippen molar-refractivity contribution in [3.63, 3.8) is 0 Å². The van der Waals surface area contributed by atoms with E-state index in [1.165, 1.54) is 0 Å². The van der Waals surface area contributed by atoms with Gasteiger partial charge in [0.2, 0.25) is 0 Å². The van der Waals surface area contributed by atoms with Crippen LogP contribution in [0.25, 0.3) is 0 Å². The van der Waals surface area contributed by atoms with Crippen LogP contribution in [-0.2, 0) is 0 Å². The maximum Gasteiger partial charge on any atom is 0.138 e. The van der Waals surface area contributed by atoms with Crippen LogP contribution < -0.4 is 0 Å². The Morgan fingerprint density at radius 3 is 0.896 bits per heavy atom. The maximum absolute atomic E-state index is 3.80. The van der Waals surface area contributed by atoms with Crippen molar-refractivity contribution >= 4 is 32.3 Å². The Bertz CT molecular complexity index is 1680. The van der Waals surface area contributed by atoms with Gasteiger partial charge >= 0.3 is 0 Å². The van der Waals surface area contributed by atoms with E-state index < -0.39 is 32.3 Å². The van der Waals surface area contributed by atoms with Gasteiger partial charge in [0, 0.05) is 22.3 Å². The van der Waals surface area contributed by atoms with Crippen LogP contribution in [0.1, 0.15) is 88.8 Å². The van der Waals surface area contributed by atoms with Crippen LogP contribution in [0.3, 0.4) is 0 Å². The molecule has 0 atom stereocenters. The zero-order valence-corrected chi connectivity index (χ0v) is 37.6. The summed E-state index contributed by atoms with van der Waals surface area (Å²) in [5, 5.41) is 0.341. The van der Waals surface area contributed by atoms with Gasteiger partial charge in [-0.3, -0.25) is 0 Å². The summed E-state index contributed by atoms with van der Waals surface area (Å²) in [6.45, 7) is 42.0. The molecule has 0 saturated heterocycles. The number of rotatable bonds is 4. The summed E-state index contributed by atoms with van der Waals surface area (Å²) in [7, 11) is -7.08. The van der Waals surface area contributed by atoms with Gasteiger partial charge < -0.3 is 0 Å². The fourth-order valence-corrected chi connectivity index (χ4v) is 10.1. The molecule has 0 aliphatic carbocycles. The van der Waals surface area contributed by atoms with Crippen LogP contribution >= 0.6 is 0 Å². The first-order chi connectivity index (χ1) is 21.7. The molecule has 2 rings (SSSR count). The lowest BCUT2D eigenvalue weighted by molar-refractivity contribution is 0.462. The number of hydrogen-bond donors (Lipinski definition) is 0. The molecule has 2 aromatic rings. The van der Waals surface area contributed by atoms with Gasteiger partial charge in [-0.1, -0.05) is 169 Å². The fourth-order valence-electron chi connectivity index (χ4n) is 4.64. The summed E-state index contributed by atoms with van der Waals surface area (Å²) in [5.41, 5.74) is 20.4. The summed E-state index contributed by atoms with van der Waals surface area (Å²) in [4.78, 5) is 0. The molecule has 0 spiro atoms. The van der Waals surface area contributed by atoms with Crippen molar-refractivity contribution in [3.8, 4) is 57.7 Å². The fraction of sp³-hybridized carbons (Fsp3) is 0.500. The second-order valence-corrected chi connectivity index (χ2v) is 37.3. The molecular weight excluding hydrogens is 641 g/mol. The molecule has 0 nitrogen and oxygen atoms in total. The first-order valence-corrected chi connectivity index (χ1v) is 30.6. The normalized spacial score (nSPS) is 12.3. The first kappa shape index (κ1) is 41.3. The molecule has 0 fully saturated rings. The third kappa shape index (κ3) is 10.8. The van der Waals surface area contributed by atoms with Crippen molar-refractivity contribution in [1.29, 1.82) is 0 Å². The zero-order chi connectivity index (χ0) is 36.9. The smallest absolute Gasteiger partial charge is 0.127 e. The van der Waals surface area contributed by atoms with Crippen molar-refractivity contribution in [1.82, 2.24) is 0 Å². The Labute approximate surface area is 301 Å². The molecule has 0 amide bonds. The summed E-state index contributed by atoms with van der Waals surface area (Å²) in [6, 6.07) is 12.6. The minimum atomic E-state index is -1.92. The average Bonchev–Trinajstić information content (AvgIpc) is 2.95. The minimum absolute atomic E-state index is 0.171. The quantitative estimate of drug-likeness (QED) is 0.220. The Morgan fingerprint density at radius 1 is 0.417 bits per heavy atom. The highest BCUT2D eigenvalue weighted by Gasteiger charge is 2.41. The summed E-state index contributed by atoms with van der Waals surface area (Å²) in [5.74, 6) is 22.7. The second-order valence-electron chi connectivity index (χ2n) is 18.2.